The fourth-order valence-corrected chi connectivity index (χ4v) is 1.93. The molecule has 2 heterocycles. The van der Waals surface area contributed by atoms with Crippen LogP contribution in [0.1, 0.15) is 25.1 Å². The lowest BCUT2D eigenvalue weighted by molar-refractivity contribution is 0.571. The summed E-state index contributed by atoms with van der Waals surface area (Å²) in [4.78, 5) is 11.1. The highest BCUT2D eigenvalue weighted by Crippen LogP contribution is 2.16. The number of piperidine rings is 1. The third-order valence-corrected chi connectivity index (χ3v) is 2.71. The first kappa shape index (κ1) is 10.4. The van der Waals surface area contributed by atoms with E-state index in [0.29, 0.717) is 0 Å². The molecule has 0 aromatic carbocycles. The summed E-state index contributed by atoms with van der Waals surface area (Å²) in [6, 6.07) is 2.00. The van der Waals surface area contributed by atoms with Gasteiger partial charge in [-0.3, -0.25) is 0 Å². The van der Waals surface area contributed by atoms with E-state index in [9.17, 15) is 0 Å². The van der Waals surface area contributed by atoms with Gasteiger partial charge in [0, 0.05) is 19.3 Å². The van der Waals surface area contributed by atoms with Crippen LogP contribution in [0.5, 0.6) is 0 Å². The van der Waals surface area contributed by atoms with Crippen molar-refractivity contribution in [1.82, 2.24) is 15.3 Å². The molecule has 2 rings (SSSR count). The Hall–Kier alpha value is -1.16. The van der Waals surface area contributed by atoms with Crippen molar-refractivity contribution in [3.05, 3.63) is 18.1 Å². The molecule has 0 bridgehead atoms. The Morgan fingerprint density at radius 2 is 2.13 bits per heavy atom. The molecule has 4 heteroatoms. The quantitative estimate of drug-likeness (QED) is 0.806. The molecular weight excluding hydrogens is 188 g/mol. The normalized spacial score (nSPS) is 16.7. The van der Waals surface area contributed by atoms with Crippen LogP contribution in [0.3, 0.4) is 0 Å². The van der Waals surface area contributed by atoms with E-state index in [1.165, 1.54) is 19.3 Å². The van der Waals surface area contributed by atoms with Crippen molar-refractivity contribution in [2.75, 3.05) is 25.0 Å². The summed E-state index contributed by atoms with van der Waals surface area (Å²) >= 11 is 0. The van der Waals surface area contributed by atoms with Crippen LogP contribution in [0.25, 0.3) is 0 Å². The summed E-state index contributed by atoms with van der Waals surface area (Å²) in [5, 5.41) is 3.07. The summed E-state index contributed by atoms with van der Waals surface area (Å²) in [5.74, 6) is 1.95. The highest BCUT2D eigenvalue weighted by molar-refractivity contribution is 5.37. The third kappa shape index (κ3) is 2.65. The van der Waals surface area contributed by atoms with Crippen LogP contribution in [0, 0.1) is 0 Å². The number of nitrogens with one attached hydrogen (secondary N) is 1. The number of hydrogen-bond donors (Lipinski definition) is 1. The van der Waals surface area contributed by atoms with Crippen molar-refractivity contribution in [2.45, 2.75) is 25.8 Å². The second-order valence-electron chi connectivity index (χ2n) is 3.91. The lowest BCUT2D eigenvalue weighted by Gasteiger charge is -2.27. The molecule has 1 aliphatic rings. The van der Waals surface area contributed by atoms with Crippen LogP contribution in [0.2, 0.25) is 0 Å². The third-order valence-electron chi connectivity index (χ3n) is 2.71. The van der Waals surface area contributed by atoms with Crippen LogP contribution < -0.4 is 10.2 Å². The van der Waals surface area contributed by atoms with E-state index in [2.05, 4.69) is 20.2 Å². The summed E-state index contributed by atoms with van der Waals surface area (Å²) in [7, 11) is 1.91. The maximum atomic E-state index is 4.54. The zero-order valence-electron chi connectivity index (χ0n) is 9.24. The SMILES string of the molecule is CNCc1nccc(N2CCCCC2)n1. The van der Waals surface area contributed by atoms with E-state index in [0.717, 1.165) is 31.3 Å². The Balaban J connectivity index is 2.09. The predicted octanol–water partition coefficient (Wildman–Crippen LogP) is 1.19. The Kier molecular flexibility index (Phi) is 3.50. The van der Waals surface area contributed by atoms with Crippen LogP contribution >= 0.6 is 0 Å². The van der Waals surface area contributed by atoms with Crippen molar-refractivity contribution >= 4 is 5.82 Å². The van der Waals surface area contributed by atoms with Gasteiger partial charge in [-0.25, -0.2) is 9.97 Å². The van der Waals surface area contributed by atoms with Crippen LogP contribution in [-0.4, -0.2) is 30.1 Å². The van der Waals surface area contributed by atoms with E-state index in [-0.39, 0.29) is 0 Å². The van der Waals surface area contributed by atoms with E-state index in [1.54, 1.807) is 0 Å². The molecule has 1 N–H and O–H groups in total. The molecular formula is C11H18N4. The fourth-order valence-electron chi connectivity index (χ4n) is 1.93. The number of anilines is 1. The van der Waals surface area contributed by atoms with Gasteiger partial charge < -0.3 is 10.2 Å². The molecule has 0 radical (unpaired) electrons. The van der Waals surface area contributed by atoms with Crippen molar-refractivity contribution < 1.29 is 0 Å². The second kappa shape index (κ2) is 5.07. The molecule has 0 unspecified atom stereocenters. The Labute approximate surface area is 90.7 Å². The topological polar surface area (TPSA) is 41.1 Å². The monoisotopic (exact) mass is 206 g/mol. The zero-order valence-corrected chi connectivity index (χ0v) is 9.24. The van der Waals surface area contributed by atoms with Crippen molar-refractivity contribution in [3.63, 3.8) is 0 Å². The van der Waals surface area contributed by atoms with Crippen LogP contribution in [0.4, 0.5) is 5.82 Å². The molecule has 1 aliphatic heterocycles. The van der Waals surface area contributed by atoms with E-state index in [4.69, 9.17) is 0 Å². The van der Waals surface area contributed by atoms with Crippen LogP contribution in [-0.2, 0) is 6.54 Å². The fraction of sp³-hybridized carbons (Fsp3) is 0.636. The lowest BCUT2D eigenvalue weighted by atomic mass is 10.1. The number of aromatic nitrogens is 2. The zero-order chi connectivity index (χ0) is 10.5. The van der Waals surface area contributed by atoms with Crippen LogP contribution in [0.15, 0.2) is 12.3 Å². The van der Waals surface area contributed by atoms with Gasteiger partial charge >= 0.3 is 0 Å². The average Bonchev–Trinajstić information content (AvgIpc) is 2.31. The molecule has 0 spiro atoms. The van der Waals surface area contributed by atoms with E-state index < -0.39 is 0 Å². The first-order valence-electron chi connectivity index (χ1n) is 5.61. The highest BCUT2D eigenvalue weighted by atomic mass is 15.2. The predicted molar refractivity (Wildman–Crippen MR) is 60.9 cm³/mol. The Morgan fingerprint density at radius 1 is 1.33 bits per heavy atom. The smallest absolute Gasteiger partial charge is 0.144 e. The molecule has 0 aliphatic carbocycles. The van der Waals surface area contributed by atoms with Gasteiger partial charge in [0.2, 0.25) is 0 Å². The van der Waals surface area contributed by atoms with Gasteiger partial charge in [-0.05, 0) is 32.4 Å². The molecule has 4 nitrogen and oxygen atoms in total. The molecule has 82 valence electrons. The summed E-state index contributed by atoms with van der Waals surface area (Å²) in [5.41, 5.74) is 0. The summed E-state index contributed by atoms with van der Waals surface area (Å²) < 4.78 is 0. The van der Waals surface area contributed by atoms with Gasteiger partial charge in [0.05, 0.1) is 6.54 Å². The minimum absolute atomic E-state index is 0.738. The molecule has 1 aromatic heterocycles. The van der Waals surface area contributed by atoms with Gasteiger partial charge in [0.1, 0.15) is 11.6 Å². The average molecular weight is 206 g/mol. The molecule has 0 atom stereocenters. The number of nitrogens with zero attached hydrogens (tertiary/aromatic N) is 3. The van der Waals surface area contributed by atoms with E-state index >= 15 is 0 Å². The van der Waals surface area contributed by atoms with E-state index in [1.807, 2.05) is 19.3 Å². The van der Waals surface area contributed by atoms with Gasteiger partial charge in [-0.15, -0.1) is 0 Å². The van der Waals surface area contributed by atoms with Crippen molar-refractivity contribution in [3.8, 4) is 0 Å². The maximum absolute atomic E-state index is 4.54. The Morgan fingerprint density at radius 3 is 2.87 bits per heavy atom. The standard InChI is InChI=1S/C11H18N4/c1-12-9-10-13-6-5-11(14-10)15-7-3-2-4-8-15/h5-6,12H,2-4,7-9H2,1H3. The van der Waals surface area contributed by atoms with Gasteiger partial charge in [-0.2, -0.15) is 0 Å². The molecule has 0 amide bonds. The summed E-state index contributed by atoms with van der Waals surface area (Å²) in [6.07, 6.45) is 5.77. The minimum Gasteiger partial charge on any atom is -0.357 e. The molecule has 1 aromatic rings. The summed E-state index contributed by atoms with van der Waals surface area (Å²) in [6.45, 7) is 3.01. The maximum Gasteiger partial charge on any atom is 0.144 e. The van der Waals surface area contributed by atoms with Gasteiger partial charge in [0.25, 0.3) is 0 Å². The Bertz CT molecular complexity index is 307. The highest BCUT2D eigenvalue weighted by Gasteiger charge is 2.12. The molecule has 0 saturated carbocycles. The largest absolute Gasteiger partial charge is 0.357 e. The second-order valence-corrected chi connectivity index (χ2v) is 3.91. The number of hydrogen-bond acceptors (Lipinski definition) is 4. The van der Waals surface area contributed by atoms with Crippen molar-refractivity contribution in [1.29, 1.82) is 0 Å². The van der Waals surface area contributed by atoms with Crippen molar-refractivity contribution in [2.24, 2.45) is 0 Å². The molecule has 1 saturated heterocycles. The lowest BCUT2D eigenvalue weighted by Crippen LogP contribution is -2.30. The molecule has 15 heavy (non-hydrogen) atoms. The first-order valence-corrected chi connectivity index (χ1v) is 5.61. The van der Waals surface area contributed by atoms with Gasteiger partial charge in [-0.1, -0.05) is 0 Å². The van der Waals surface area contributed by atoms with Gasteiger partial charge in [0.15, 0.2) is 0 Å². The first-order chi connectivity index (χ1) is 7.40. The number of rotatable bonds is 3. The molecule has 1 fully saturated rings. The minimum atomic E-state index is 0.738.